The molecule has 1 saturated carbocycles. The summed E-state index contributed by atoms with van der Waals surface area (Å²) in [5.74, 6) is 0.643. The number of carbonyl (C=O) groups is 1. The highest BCUT2D eigenvalue weighted by Crippen LogP contribution is 2.30. The Morgan fingerprint density at radius 1 is 1.40 bits per heavy atom. The maximum Gasteiger partial charge on any atom is 0.227 e. The van der Waals surface area contributed by atoms with Crippen LogP contribution in [0, 0.1) is 5.92 Å². The number of anilines is 1. The van der Waals surface area contributed by atoms with E-state index in [4.69, 9.17) is 5.53 Å². The molecule has 1 aliphatic carbocycles. The van der Waals surface area contributed by atoms with Crippen LogP contribution in [-0.4, -0.2) is 16.1 Å². The SMILES string of the molecule is [N-]=[N+]=Nc1cc(-c2ccc(NC(=O)C3CC3)cc2)n[nH]1. The number of nitrogens with one attached hydrogen (secondary N) is 2. The van der Waals surface area contributed by atoms with Gasteiger partial charge in [-0.15, -0.1) is 0 Å². The van der Waals surface area contributed by atoms with Gasteiger partial charge in [-0.3, -0.25) is 9.89 Å². The van der Waals surface area contributed by atoms with Gasteiger partial charge in [0.1, 0.15) is 5.82 Å². The molecule has 7 heteroatoms. The summed E-state index contributed by atoms with van der Waals surface area (Å²) in [4.78, 5) is 14.3. The number of hydrogen-bond acceptors (Lipinski definition) is 3. The fraction of sp³-hybridized carbons (Fsp3) is 0.231. The molecule has 100 valence electrons. The molecule has 0 saturated heterocycles. The van der Waals surface area contributed by atoms with Gasteiger partial charge in [0, 0.05) is 22.1 Å². The summed E-state index contributed by atoms with van der Waals surface area (Å²) in [5, 5.41) is 13.0. The molecule has 0 unspecified atom stereocenters. The summed E-state index contributed by atoms with van der Waals surface area (Å²) in [5.41, 5.74) is 10.7. The third-order valence-electron chi connectivity index (χ3n) is 3.11. The van der Waals surface area contributed by atoms with Gasteiger partial charge in [0.05, 0.1) is 5.69 Å². The quantitative estimate of drug-likeness (QED) is 0.504. The minimum absolute atomic E-state index is 0.0863. The zero-order valence-electron chi connectivity index (χ0n) is 10.6. The molecule has 3 rings (SSSR count). The van der Waals surface area contributed by atoms with E-state index in [0.29, 0.717) is 11.5 Å². The molecule has 0 aliphatic heterocycles. The lowest BCUT2D eigenvalue weighted by atomic mass is 10.1. The molecule has 20 heavy (non-hydrogen) atoms. The standard InChI is InChI=1S/C13H12N6O/c14-19-18-12-7-11(16-17-12)8-3-5-10(6-4-8)15-13(20)9-1-2-9/h3-7,9H,1-2H2,(H,15,20)(H,16,17). The van der Waals surface area contributed by atoms with Crippen molar-refractivity contribution in [2.75, 3.05) is 5.32 Å². The second-order valence-corrected chi connectivity index (χ2v) is 4.67. The first kappa shape index (κ1) is 12.3. The van der Waals surface area contributed by atoms with Crippen LogP contribution in [0.4, 0.5) is 11.5 Å². The minimum Gasteiger partial charge on any atom is -0.326 e. The van der Waals surface area contributed by atoms with Crippen LogP contribution in [0.2, 0.25) is 0 Å². The first-order chi connectivity index (χ1) is 9.76. The molecule has 1 aliphatic rings. The van der Waals surface area contributed by atoms with Crippen LogP contribution in [0.1, 0.15) is 12.8 Å². The minimum atomic E-state index is 0.0863. The van der Waals surface area contributed by atoms with E-state index >= 15 is 0 Å². The van der Waals surface area contributed by atoms with Gasteiger partial charge in [-0.1, -0.05) is 12.1 Å². The van der Waals surface area contributed by atoms with Crippen molar-refractivity contribution in [1.29, 1.82) is 0 Å². The van der Waals surface area contributed by atoms with Gasteiger partial charge in [-0.25, -0.2) is 0 Å². The number of nitrogens with zero attached hydrogens (tertiary/aromatic N) is 4. The molecule has 1 amide bonds. The average molecular weight is 268 g/mol. The Labute approximate surface area is 114 Å². The van der Waals surface area contributed by atoms with Crippen molar-refractivity contribution in [2.24, 2.45) is 11.0 Å². The monoisotopic (exact) mass is 268 g/mol. The maximum absolute atomic E-state index is 11.6. The Hall–Kier alpha value is -2.79. The highest BCUT2D eigenvalue weighted by atomic mass is 16.2. The van der Waals surface area contributed by atoms with E-state index in [0.717, 1.165) is 24.1 Å². The molecular formula is C13H12N6O. The number of carbonyl (C=O) groups excluding carboxylic acids is 1. The summed E-state index contributed by atoms with van der Waals surface area (Å²) >= 11 is 0. The second kappa shape index (κ2) is 5.07. The van der Waals surface area contributed by atoms with Gasteiger partial charge >= 0.3 is 0 Å². The summed E-state index contributed by atoms with van der Waals surface area (Å²) in [6.07, 6.45) is 1.97. The third-order valence-corrected chi connectivity index (χ3v) is 3.11. The maximum atomic E-state index is 11.6. The Morgan fingerprint density at radius 2 is 2.15 bits per heavy atom. The van der Waals surface area contributed by atoms with Crippen LogP contribution in [-0.2, 0) is 4.79 Å². The van der Waals surface area contributed by atoms with E-state index in [1.54, 1.807) is 6.07 Å². The lowest BCUT2D eigenvalue weighted by Crippen LogP contribution is -2.12. The van der Waals surface area contributed by atoms with E-state index < -0.39 is 0 Å². The molecular weight excluding hydrogens is 256 g/mol. The van der Waals surface area contributed by atoms with Crippen LogP contribution < -0.4 is 5.32 Å². The third kappa shape index (κ3) is 2.62. The lowest BCUT2D eigenvalue weighted by Gasteiger charge is -2.04. The van der Waals surface area contributed by atoms with Gasteiger partial charge in [0.2, 0.25) is 5.91 Å². The topological polar surface area (TPSA) is 107 Å². The Balaban J connectivity index is 1.74. The van der Waals surface area contributed by atoms with Crippen LogP contribution in [0.5, 0.6) is 0 Å². The van der Waals surface area contributed by atoms with E-state index in [9.17, 15) is 4.79 Å². The highest BCUT2D eigenvalue weighted by molar-refractivity contribution is 5.94. The van der Waals surface area contributed by atoms with Gasteiger partial charge < -0.3 is 5.32 Å². The van der Waals surface area contributed by atoms with Gasteiger partial charge in [0.25, 0.3) is 0 Å². The zero-order chi connectivity index (χ0) is 13.9. The first-order valence-electron chi connectivity index (χ1n) is 6.28. The predicted octanol–water partition coefficient (Wildman–Crippen LogP) is 3.37. The molecule has 0 bridgehead atoms. The van der Waals surface area contributed by atoms with Gasteiger partial charge in [0.15, 0.2) is 0 Å². The number of H-pyrrole nitrogens is 1. The second-order valence-electron chi connectivity index (χ2n) is 4.67. The molecule has 1 heterocycles. The fourth-order valence-corrected chi connectivity index (χ4v) is 1.87. The van der Waals surface area contributed by atoms with Crippen molar-refractivity contribution in [1.82, 2.24) is 10.2 Å². The number of amides is 1. The van der Waals surface area contributed by atoms with Crippen molar-refractivity contribution < 1.29 is 4.79 Å². The van der Waals surface area contributed by atoms with E-state index in [-0.39, 0.29) is 11.8 Å². The first-order valence-corrected chi connectivity index (χ1v) is 6.28. The largest absolute Gasteiger partial charge is 0.326 e. The Kier molecular flexibility index (Phi) is 3.10. The number of azide groups is 1. The zero-order valence-corrected chi connectivity index (χ0v) is 10.6. The molecule has 2 aromatic rings. The van der Waals surface area contributed by atoms with Crippen molar-refractivity contribution >= 4 is 17.4 Å². The van der Waals surface area contributed by atoms with Crippen molar-refractivity contribution in [2.45, 2.75) is 12.8 Å². The van der Waals surface area contributed by atoms with E-state index in [1.807, 2.05) is 24.3 Å². The Morgan fingerprint density at radius 3 is 2.80 bits per heavy atom. The van der Waals surface area contributed by atoms with Crippen LogP contribution in [0.3, 0.4) is 0 Å². The molecule has 2 N–H and O–H groups in total. The lowest BCUT2D eigenvalue weighted by molar-refractivity contribution is -0.117. The molecule has 0 spiro atoms. The number of hydrogen-bond donors (Lipinski definition) is 2. The van der Waals surface area contributed by atoms with Gasteiger partial charge in [-0.2, -0.15) is 5.10 Å². The number of benzene rings is 1. The smallest absolute Gasteiger partial charge is 0.227 e. The predicted molar refractivity (Wildman–Crippen MR) is 74.2 cm³/mol. The highest BCUT2D eigenvalue weighted by Gasteiger charge is 2.29. The molecule has 1 fully saturated rings. The summed E-state index contributed by atoms with van der Waals surface area (Å²) in [7, 11) is 0. The van der Waals surface area contributed by atoms with Crippen LogP contribution in [0.25, 0.3) is 21.7 Å². The van der Waals surface area contributed by atoms with E-state index in [1.165, 1.54) is 0 Å². The molecule has 7 nitrogen and oxygen atoms in total. The molecule has 1 aromatic carbocycles. The normalized spacial score (nSPS) is 13.6. The average Bonchev–Trinajstić information content (AvgIpc) is 3.21. The molecule has 1 aromatic heterocycles. The van der Waals surface area contributed by atoms with Gasteiger partial charge in [-0.05, 0) is 41.7 Å². The summed E-state index contributed by atoms with van der Waals surface area (Å²) in [6.45, 7) is 0. The summed E-state index contributed by atoms with van der Waals surface area (Å²) < 4.78 is 0. The van der Waals surface area contributed by atoms with E-state index in [2.05, 4.69) is 25.5 Å². The van der Waals surface area contributed by atoms with Crippen LogP contribution in [0.15, 0.2) is 35.4 Å². The summed E-state index contributed by atoms with van der Waals surface area (Å²) in [6, 6.07) is 9.05. The van der Waals surface area contributed by atoms with Crippen molar-refractivity contribution in [3.8, 4) is 11.3 Å². The number of aromatic nitrogens is 2. The number of aromatic amines is 1. The number of rotatable bonds is 4. The van der Waals surface area contributed by atoms with Crippen LogP contribution >= 0.6 is 0 Å². The molecule has 0 radical (unpaired) electrons. The van der Waals surface area contributed by atoms with Crippen molar-refractivity contribution in [3.05, 3.63) is 40.8 Å². The fourth-order valence-electron chi connectivity index (χ4n) is 1.87. The Bertz CT molecular complexity index is 679. The molecule has 0 atom stereocenters. The van der Waals surface area contributed by atoms with Crippen molar-refractivity contribution in [3.63, 3.8) is 0 Å².